The number of nitrogens with zero attached hydrogens (tertiary/aromatic N) is 3. The Kier molecular flexibility index (Phi) is 2.78. The first-order valence-electron chi connectivity index (χ1n) is 5.03. The van der Waals surface area contributed by atoms with Crippen LogP contribution in [-0.4, -0.2) is 14.8 Å². The molecule has 4 nitrogen and oxygen atoms in total. The monoisotopic (exact) mass is 202 g/mol. The van der Waals surface area contributed by atoms with Gasteiger partial charge in [0.2, 0.25) is 0 Å². The summed E-state index contributed by atoms with van der Waals surface area (Å²) in [6, 6.07) is 3.87. The van der Waals surface area contributed by atoms with Crippen LogP contribution in [0.1, 0.15) is 18.2 Å². The first kappa shape index (κ1) is 9.86. The molecular weight excluding hydrogens is 188 g/mol. The van der Waals surface area contributed by atoms with Crippen molar-refractivity contribution in [3.8, 4) is 5.69 Å². The van der Waals surface area contributed by atoms with Crippen LogP contribution in [0.25, 0.3) is 5.69 Å². The number of hydrogen-bond donors (Lipinski definition) is 1. The molecule has 0 atom stereocenters. The first-order valence-corrected chi connectivity index (χ1v) is 5.03. The Morgan fingerprint density at radius 1 is 1.33 bits per heavy atom. The average molecular weight is 202 g/mol. The quantitative estimate of drug-likeness (QED) is 0.815. The fraction of sp³-hybridized carbons (Fsp3) is 0.273. The number of nitrogens with two attached hydrogens (primary N) is 1. The Morgan fingerprint density at radius 2 is 2.07 bits per heavy atom. The minimum Gasteiger partial charge on any atom is -0.326 e. The summed E-state index contributed by atoms with van der Waals surface area (Å²) >= 11 is 0. The zero-order valence-corrected chi connectivity index (χ0v) is 8.72. The summed E-state index contributed by atoms with van der Waals surface area (Å²) in [5, 5.41) is 4.34. The van der Waals surface area contributed by atoms with Crippen molar-refractivity contribution >= 4 is 0 Å². The van der Waals surface area contributed by atoms with Crippen LogP contribution in [0, 0.1) is 0 Å². The Morgan fingerprint density at radius 3 is 2.67 bits per heavy atom. The van der Waals surface area contributed by atoms with Crippen molar-refractivity contribution in [1.82, 2.24) is 14.8 Å². The van der Waals surface area contributed by atoms with Crippen LogP contribution < -0.4 is 5.73 Å². The van der Waals surface area contributed by atoms with E-state index < -0.39 is 0 Å². The van der Waals surface area contributed by atoms with E-state index in [0.29, 0.717) is 6.54 Å². The van der Waals surface area contributed by atoms with Gasteiger partial charge >= 0.3 is 0 Å². The van der Waals surface area contributed by atoms with Gasteiger partial charge in [-0.2, -0.15) is 5.10 Å². The third-order valence-electron chi connectivity index (χ3n) is 2.42. The number of hydrogen-bond acceptors (Lipinski definition) is 3. The van der Waals surface area contributed by atoms with Crippen molar-refractivity contribution in [2.45, 2.75) is 19.9 Å². The smallest absolute Gasteiger partial charge is 0.0679 e. The van der Waals surface area contributed by atoms with Gasteiger partial charge < -0.3 is 5.73 Å². The highest BCUT2D eigenvalue weighted by molar-refractivity contribution is 5.33. The molecule has 0 aliphatic heterocycles. The van der Waals surface area contributed by atoms with E-state index in [1.807, 2.05) is 23.0 Å². The molecule has 0 saturated carbocycles. The molecule has 2 rings (SSSR count). The maximum absolute atomic E-state index is 5.65. The lowest BCUT2D eigenvalue weighted by molar-refractivity contribution is 0.806. The van der Waals surface area contributed by atoms with Crippen LogP contribution in [0.15, 0.2) is 30.7 Å². The minimum atomic E-state index is 0.536. The SMILES string of the molecule is CCc1c(CN)cnn1-c1ccncc1. The van der Waals surface area contributed by atoms with Crippen molar-refractivity contribution in [3.63, 3.8) is 0 Å². The van der Waals surface area contributed by atoms with Crippen LogP contribution in [0.3, 0.4) is 0 Å². The van der Waals surface area contributed by atoms with Gasteiger partial charge in [-0.1, -0.05) is 6.92 Å². The summed E-state index contributed by atoms with van der Waals surface area (Å²) in [6.45, 7) is 2.64. The van der Waals surface area contributed by atoms with Gasteiger partial charge in [0.25, 0.3) is 0 Å². The largest absolute Gasteiger partial charge is 0.326 e. The van der Waals surface area contributed by atoms with E-state index in [0.717, 1.165) is 17.7 Å². The average Bonchev–Trinajstić information content (AvgIpc) is 2.72. The second kappa shape index (κ2) is 4.23. The molecule has 2 aromatic rings. The summed E-state index contributed by atoms with van der Waals surface area (Å²) in [7, 11) is 0. The van der Waals surface area contributed by atoms with Gasteiger partial charge in [-0.05, 0) is 18.6 Å². The summed E-state index contributed by atoms with van der Waals surface area (Å²) in [4.78, 5) is 3.99. The summed E-state index contributed by atoms with van der Waals surface area (Å²) in [6.07, 6.45) is 6.28. The molecule has 2 aromatic heterocycles. The van der Waals surface area contributed by atoms with Crippen LogP contribution in [-0.2, 0) is 13.0 Å². The molecule has 2 heterocycles. The summed E-state index contributed by atoms with van der Waals surface area (Å²) in [5.41, 5.74) is 8.96. The summed E-state index contributed by atoms with van der Waals surface area (Å²) < 4.78 is 1.92. The predicted octanol–water partition coefficient (Wildman–Crippen LogP) is 1.29. The Labute approximate surface area is 88.8 Å². The minimum absolute atomic E-state index is 0.536. The topological polar surface area (TPSA) is 56.7 Å². The van der Waals surface area contributed by atoms with Gasteiger partial charge in [0.15, 0.2) is 0 Å². The molecule has 0 saturated heterocycles. The molecule has 0 aliphatic carbocycles. The zero-order chi connectivity index (χ0) is 10.7. The van der Waals surface area contributed by atoms with E-state index in [1.165, 1.54) is 5.69 Å². The van der Waals surface area contributed by atoms with Crippen molar-refractivity contribution < 1.29 is 0 Å². The second-order valence-electron chi connectivity index (χ2n) is 3.29. The molecular formula is C11H14N4. The molecule has 0 aliphatic rings. The molecule has 0 radical (unpaired) electrons. The van der Waals surface area contributed by atoms with E-state index in [1.54, 1.807) is 12.4 Å². The molecule has 0 amide bonds. The Hall–Kier alpha value is -1.68. The number of rotatable bonds is 3. The lowest BCUT2D eigenvalue weighted by Crippen LogP contribution is -2.04. The third kappa shape index (κ3) is 1.76. The number of aromatic nitrogens is 3. The summed E-state index contributed by atoms with van der Waals surface area (Å²) in [5.74, 6) is 0. The molecule has 4 heteroatoms. The molecule has 15 heavy (non-hydrogen) atoms. The third-order valence-corrected chi connectivity index (χ3v) is 2.42. The molecule has 0 aromatic carbocycles. The van der Waals surface area contributed by atoms with E-state index >= 15 is 0 Å². The molecule has 0 unspecified atom stereocenters. The van der Waals surface area contributed by atoms with Gasteiger partial charge in [-0.25, -0.2) is 4.68 Å². The lowest BCUT2D eigenvalue weighted by Gasteiger charge is -2.06. The zero-order valence-electron chi connectivity index (χ0n) is 8.72. The fourth-order valence-electron chi connectivity index (χ4n) is 1.66. The Balaban J connectivity index is 2.49. The molecule has 2 N–H and O–H groups in total. The fourth-order valence-corrected chi connectivity index (χ4v) is 1.66. The molecule has 0 spiro atoms. The highest BCUT2D eigenvalue weighted by Gasteiger charge is 2.08. The van der Waals surface area contributed by atoms with Crippen molar-refractivity contribution in [1.29, 1.82) is 0 Å². The lowest BCUT2D eigenvalue weighted by atomic mass is 10.2. The van der Waals surface area contributed by atoms with Crippen LogP contribution >= 0.6 is 0 Å². The normalized spacial score (nSPS) is 10.5. The van der Waals surface area contributed by atoms with Crippen LogP contribution in [0.4, 0.5) is 0 Å². The van der Waals surface area contributed by atoms with Crippen molar-refractivity contribution in [2.75, 3.05) is 0 Å². The molecule has 78 valence electrons. The standard InChI is InChI=1S/C11H14N4/c1-2-11-9(7-12)8-14-15(11)10-3-5-13-6-4-10/h3-6,8H,2,7,12H2,1H3. The number of pyridine rings is 1. The van der Waals surface area contributed by atoms with Gasteiger partial charge in [-0.3, -0.25) is 4.98 Å². The maximum Gasteiger partial charge on any atom is 0.0679 e. The predicted molar refractivity (Wildman–Crippen MR) is 58.6 cm³/mol. The van der Waals surface area contributed by atoms with Crippen LogP contribution in [0.2, 0.25) is 0 Å². The second-order valence-corrected chi connectivity index (χ2v) is 3.29. The van der Waals surface area contributed by atoms with Gasteiger partial charge in [0.1, 0.15) is 0 Å². The van der Waals surface area contributed by atoms with E-state index in [-0.39, 0.29) is 0 Å². The molecule has 0 fully saturated rings. The van der Waals surface area contributed by atoms with E-state index in [9.17, 15) is 0 Å². The van der Waals surface area contributed by atoms with Gasteiger partial charge in [-0.15, -0.1) is 0 Å². The van der Waals surface area contributed by atoms with E-state index in [2.05, 4.69) is 17.0 Å². The van der Waals surface area contributed by atoms with Gasteiger partial charge in [0, 0.05) is 30.2 Å². The van der Waals surface area contributed by atoms with Crippen molar-refractivity contribution in [3.05, 3.63) is 42.0 Å². The van der Waals surface area contributed by atoms with Gasteiger partial charge in [0.05, 0.1) is 11.9 Å². The Bertz CT molecular complexity index is 433. The van der Waals surface area contributed by atoms with E-state index in [4.69, 9.17) is 5.73 Å². The highest BCUT2D eigenvalue weighted by atomic mass is 15.3. The first-order chi connectivity index (χ1) is 7.36. The van der Waals surface area contributed by atoms with Crippen LogP contribution in [0.5, 0.6) is 0 Å². The maximum atomic E-state index is 5.65. The van der Waals surface area contributed by atoms with Crippen molar-refractivity contribution in [2.24, 2.45) is 5.73 Å². The molecule has 0 bridgehead atoms. The highest BCUT2D eigenvalue weighted by Crippen LogP contribution is 2.14.